The van der Waals surface area contributed by atoms with Gasteiger partial charge in [-0.1, -0.05) is 30.3 Å². The second kappa shape index (κ2) is 10.3. The summed E-state index contributed by atoms with van der Waals surface area (Å²) in [5, 5.41) is 0. The Morgan fingerprint density at radius 3 is 2.39 bits per heavy atom. The summed E-state index contributed by atoms with van der Waals surface area (Å²) in [7, 11) is 0. The minimum Gasteiger partial charge on any atom is -0.342 e. The van der Waals surface area contributed by atoms with E-state index in [-0.39, 0.29) is 23.6 Å². The second-order valence-corrected chi connectivity index (χ2v) is 9.02. The van der Waals surface area contributed by atoms with E-state index in [1.54, 1.807) is 0 Å². The van der Waals surface area contributed by atoms with Crippen LogP contribution in [0, 0.1) is 5.92 Å². The van der Waals surface area contributed by atoms with Gasteiger partial charge in [0.15, 0.2) is 0 Å². The maximum Gasteiger partial charge on any atom is 0.236 e. The van der Waals surface area contributed by atoms with Crippen LogP contribution in [0.25, 0.3) is 0 Å². The third kappa shape index (κ3) is 5.64. The van der Waals surface area contributed by atoms with Crippen molar-refractivity contribution in [3.63, 3.8) is 0 Å². The molecule has 4 rings (SSSR count). The van der Waals surface area contributed by atoms with Crippen LogP contribution in [0.3, 0.4) is 0 Å². The van der Waals surface area contributed by atoms with Gasteiger partial charge in [0.2, 0.25) is 17.7 Å². The lowest BCUT2D eigenvalue weighted by Gasteiger charge is -2.25. The number of rotatable bonds is 6. The first-order valence-electron chi connectivity index (χ1n) is 11.7. The van der Waals surface area contributed by atoms with Crippen LogP contribution in [0.15, 0.2) is 30.3 Å². The van der Waals surface area contributed by atoms with E-state index in [1.165, 1.54) is 5.56 Å². The fourth-order valence-electron chi connectivity index (χ4n) is 4.93. The van der Waals surface area contributed by atoms with Crippen molar-refractivity contribution in [2.75, 3.05) is 58.9 Å². The number of hydrogen-bond acceptors (Lipinski definition) is 4. The zero-order valence-corrected chi connectivity index (χ0v) is 18.4. The lowest BCUT2D eigenvalue weighted by molar-refractivity contribution is -0.135. The smallest absolute Gasteiger partial charge is 0.236 e. The number of likely N-dealkylation sites (tertiary alicyclic amines) is 2. The van der Waals surface area contributed by atoms with Gasteiger partial charge in [0.05, 0.1) is 12.5 Å². The van der Waals surface area contributed by atoms with Crippen LogP contribution in [0.4, 0.5) is 0 Å². The molecule has 7 nitrogen and oxygen atoms in total. The molecule has 3 heterocycles. The van der Waals surface area contributed by atoms with Crippen LogP contribution in [0.1, 0.15) is 31.2 Å². The van der Waals surface area contributed by atoms with Gasteiger partial charge in [-0.25, -0.2) is 0 Å². The van der Waals surface area contributed by atoms with Crippen LogP contribution >= 0.6 is 0 Å². The average Bonchev–Trinajstić information content (AvgIpc) is 3.39. The SMILES string of the molecule is O=C(CN1CCCN(C(=O)C2CC(=O)N(CCc3ccccc3)C2)CC1)N1CCCC1. The molecule has 1 aromatic carbocycles. The maximum absolute atomic E-state index is 13.1. The molecule has 3 fully saturated rings. The van der Waals surface area contributed by atoms with E-state index in [0.717, 1.165) is 51.9 Å². The zero-order chi connectivity index (χ0) is 21.6. The Kier molecular flexibility index (Phi) is 7.22. The van der Waals surface area contributed by atoms with Crippen LogP contribution in [-0.4, -0.2) is 96.2 Å². The molecule has 0 radical (unpaired) electrons. The quantitative estimate of drug-likeness (QED) is 0.687. The summed E-state index contributed by atoms with van der Waals surface area (Å²) in [6, 6.07) is 10.1. The molecule has 0 bridgehead atoms. The normalized spacial score (nSPS) is 22.8. The van der Waals surface area contributed by atoms with Crippen LogP contribution in [-0.2, 0) is 20.8 Å². The number of nitrogens with zero attached hydrogens (tertiary/aromatic N) is 4. The number of carbonyl (C=O) groups excluding carboxylic acids is 3. The van der Waals surface area contributed by atoms with Gasteiger partial charge in [0.25, 0.3) is 0 Å². The molecule has 7 heteroatoms. The van der Waals surface area contributed by atoms with Crippen molar-refractivity contribution >= 4 is 17.7 Å². The summed E-state index contributed by atoms with van der Waals surface area (Å²) in [5.41, 5.74) is 1.21. The molecule has 0 N–H and O–H groups in total. The maximum atomic E-state index is 13.1. The first kappa shape index (κ1) is 21.8. The topological polar surface area (TPSA) is 64.2 Å². The Morgan fingerprint density at radius 2 is 1.61 bits per heavy atom. The monoisotopic (exact) mass is 426 g/mol. The van der Waals surface area contributed by atoms with Gasteiger partial charge in [0, 0.05) is 58.8 Å². The number of hydrogen-bond donors (Lipinski definition) is 0. The van der Waals surface area contributed by atoms with E-state index in [1.807, 2.05) is 32.9 Å². The van der Waals surface area contributed by atoms with Crippen molar-refractivity contribution in [1.29, 1.82) is 0 Å². The van der Waals surface area contributed by atoms with Crippen LogP contribution < -0.4 is 0 Å². The summed E-state index contributed by atoms with van der Waals surface area (Å²) in [6.45, 7) is 6.33. The molecule has 3 amide bonds. The third-order valence-corrected chi connectivity index (χ3v) is 6.79. The minimum atomic E-state index is -0.235. The molecule has 0 spiro atoms. The average molecular weight is 427 g/mol. The van der Waals surface area contributed by atoms with Crippen LogP contribution in [0.5, 0.6) is 0 Å². The molecule has 3 saturated heterocycles. The molecular formula is C24H34N4O3. The van der Waals surface area contributed by atoms with Crippen molar-refractivity contribution in [2.24, 2.45) is 5.92 Å². The van der Waals surface area contributed by atoms with E-state index in [9.17, 15) is 14.4 Å². The highest BCUT2D eigenvalue weighted by Crippen LogP contribution is 2.21. The largest absolute Gasteiger partial charge is 0.342 e. The van der Waals surface area contributed by atoms with Gasteiger partial charge < -0.3 is 14.7 Å². The van der Waals surface area contributed by atoms with Gasteiger partial charge in [-0.3, -0.25) is 19.3 Å². The minimum absolute atomic E-state index is 0.0851. The standard InChI is InChI=1S/C24H34N4O3/c29-22-17-21(18-28(22)14-9-20-7-2-1-3-8-20)24(31)27-13-6-10-25(15-16-27)19-23(30)26-11-4-5-12-26/h1-3,7-8,21H,4-6,9-19H2. The molecule has 0 aliphatic carbocycles. The van der Waals surface area contributed by atoms with Gasteiger partial charge in [0.1, 0.15) is 0 Å². The highest BCUT2D eigenvalue weighted by Gasteiger charge is 2.36. The fourth-order valence-corrected chi connectivity index (χ4v) is 4.93. The molecule has 0 aromatic heterocycles. The third-order valence-electron chi connectivity index (χ3n) is 6.79. The molecule has 0 saturated carbocycles. The first-order valence-corrected chi connectivity index (χ1v) is 11.7. The number of amides is 3. The summed E-state index contributed by atoms with van der Waals surface area (Å²) >= 11 is 0. The molecule has 1 aromatic rings. The van der Waals surface area contributed by atoms with Crippen LogP contribution in [0.2, 0.25) is 0 Å². The fraction of sp³-hybridized carbons (Fsp3) is 0.625. The van der Waals surface area contributed by atoms with E-state index in [2.05, 4.69) is 17.0 Å². The predicted molar refractivity (Wildman–Crippen MR) is 118 cm³/mol. The second-order valence-electron chi connectivity index (χ2n) is 9.02. The van der Waals surface area contributed by atoms with Gasteiger partial charge >= 0.3 is 0 Å². The van der Waals surface area contributed by atoms with E-state index in [0.29, 0.717) is 39.1 Å². The number of benzene rings is 1. The van der Waals surface area contributed by atoms with Crippen molar-refractivity contribution in [1.82, 2.24) is 19.6 Å². The summed E-state index contributed by atoms with van der Waals surface area (Å²) in [6.07, 6.45) is 4.23. The van der Waals surface area contributed by atoms with Crippen molar-refractivity contribution < 1.29 is 14.4 Å². The van der Waals surface area contributed by atoms with Crippen molar-refractivity contribution in [2.45, 2.75) is 32.1 Å². The summed E-state index contributed by atoms with van der Waals surface area (Å²) in [4.78, 5) is 45.9. The molecule has 3 aliphatic rings. The Morgan fingerprint density at radius 1 is 0.871 bits per heavy atom. The van der Waals surface area contributed by atoms with Crippen molar-refractivity contribution in [3.05, 3.63) is 35.9 Å². The summed E-state index contributed by atoms with van der Waals surface area (Å²) < 4.78 is 0. The zero-order valence-electron chi connectivity index (χ0n) is 18.4. The Balaban J connectivity index is 1.24. The molecule has 1 atom stereocenters. The lowest BCUT2D eigenvalue weighted by Crippen LogP contribution is -2.42. The highest BCUT2D eigenvalue weighted by atomic mass is 16.2. The first-order chi connectivity index (χ1) is 15.1. The van der Waals surface area contributed by atoms with Gasteiger partial charge in [-0.15, -0.1) is 0 Å². The van der Waals surface area contributed by atoms with Gasteiger partial charge in [-0.05, 0) is 31.2 Å². The molecular weight excluding hydrogens is 392 g/mol. The van der Waals surface area contributed by atoms with Crippen molar-refractivity contribution in [3.8, 4) is 0 Å². The lowest BCUT2D eigenvalue weighted by atomic mass is 10.1. The number of carbonyl (C=O) groups is 3. The Hall–Kier alpha value is -2.41. The molecule has 1 unspecified atom stereocenters. The summed E-state index contributed by atoms with van der Waals surface area (Å²) in [5.74, 6) is 0.166. The Bertz CT molecular complexity index is 778. The molecule has 31 heavy (non-hydrogen) atoms. The van der Waals surface area contributed by atoms with E-state index >= 15 is 0 Å². The van der Waals surface area contributed by atoms with E-state index in [4.69, 9.17) is 0 Å². The van der Waals surface area contributed by atoms with Gasteiger partial charge in [-0.2, -0.15) is 0 Å². The molecule has 168 valence electrons. The molecule has 3 aliphatic heterocycles. The Labute approximate surface area is 185 Å². The highest BCUT2D eigenvalue weighted by molar-refractivity contribution is 5.89. The predicted octanol–water partition coefficient (Wildman–Crippen LogP) is 1.23. The van der Waals surface area contributed by atoms with E-state index < -0.39 is 0 Å².